The summed E-state index contributed by atoms with van der Waals surface area (Å²) in [6.07, 6.45) is 6.93. The fourth-order valence-electron chi connectivity index (χ4n) is 2.87. The molecule has 12 heavy (non-hydrogen) atoms. The molecule has 0 aromatic carbocycles. The molecule has 0 aliphatic heterocycles. The molecule has 2 unspecified atom stereocenters. The average Bonchev–Trinajstić information content (AvgIpc) is 2.55. The van der Waals surface area contributed by atoms with E-state index in [1.54, 1.807) is 0 Å². The Labute approximate surface area is 76.7 Å². The first-order valence-corrected chi connectivity index (χ1v) is 5.53. The van der Waals surface area contributed by atoms with Crippen LogP contribution in [0.2, 0.25) is 0 Å². The van der Waals surface area contributed by atoms with Gasteiger partial charge in [0.25, 0.3) is 0 Å². The molecule has 1 nitrogen and oxygen atoms in total. The molecular formula is C11H23N. The second-order valence-electron chi connectivity index (χ2n) is 4.17. The van der Waals surface area contributed by atoms with E-state index in [1.165, 1.54) is 32.1 Å². The predicted octanol–water partition coefficient (Wildman–Crippen LogP) is 2.80. The van der Waals surface area contributed by atoms with E-state index in [-0.39, 0.29) is 0 Å². The zero-order valence-corrected chi connectivity index (χ0v) is 8.55. The number of hydrogen-bond acceptors (Lipinski definition) is 1. The van der Waals surface area contributed by atoms with E-state index >= 15 is 0 Å². The second kappa shape index (κ2) is 4.86. The van der Waals surface area contributed by atoms with E-state index in [0.29, 0.717) is 0 Å². The first-order valence-electron chi connectivity index (χ1n) is 5.53. The van der Waals surface area contributed by atoms with Gasteiger partial charge >= 0.3 is 0 Å². The highest BCUT2D eigenvalue weighted by Gasteiger charge is 2.30. The fourth-order valence-corrected chi connectivity index (χ4v) is 2.87. The Morgan fingerprint density at radius 1 is 1.25 bits per heavy atom. The van der Waals surface area contributed by atoms with Gasteiger partial charge in [0.2, 0.25) is 0 Å². The van der Waals surface area contributed by atoms with Crippen LogP contribution in [0, 0.1) is 17.8 Å². The first-order chi connectivity index (χ1) is 5.83. The Morgan fingerprint density at radius 3 is 2.42 bits per heavy atom. The molecule has 0 aromatic rings. The van der Waals surface area contributed by atoms with Gasteiger partial charge in [0.15, 0.2) is 0 Å². The summed E-state index contributed by atoms with van der Waals surface area (Å²) in [6.45, 7) is 5.56. The minimum Gasteiger partial charge on any atom is -0.330 e. The van der Waals surface area contributed by atoms with Gasteiger partial charge < -0.3 is 5.73 Å². The highest BCUT2D eigenvalue weighted by molar-refractivity contribution is 4.82. The Bertz CT molecular complexity index is 118. The lowest BCUT2D eigenvalue weighted by molar-refractivity contribution is 0.251. The van der Waals surface area contributed by atoms with Crippen LogP contribution < -0.4 is 5.73 Å². The Hall–Kier alpha value is -0.0400. The van der Waals surface area contributed by atoms with Crippen LogP contribution in [0.15, 0.2) is 0 Å². The van der Waals surface area contributed by atoms with Crippen LogP contribution in [0.4, 0.5) is 0 Å². The van der Waals surface area contributed by atoms with Crippen molar-refractivity contribution in [3.05, 3.63) is 0 Å². The second-order valence-corrected chi connectivity index (χ2v) is 4.17. The van der Waals surface area contributed by atoms with Crippen molar-refractivity contribution in [3.8, 4) is 0 Å². The molecular weight excluding hydrogens is 146 g/mol. The summed E-state index contributed by atoms with van der Waals surface area (Å²) in [4.78, 5) is 0. The number of rotatable bonds is 4. The summed E-state index contributed by atoms with van der Waals surface area (Å²) in [6, 6.07) is 0. The smallest absolute Gasteiger partial charge is 0.00461 e. The van der Waals surface area contributed by atoms with Crippen LogP contribution in [-0.2, 0) is 0 Å². The summed E-state index contributed by atoms with van der Waals surface area (Å²) in [5.74, 6) is 2.74. The molecule has 1 fully saturated rings. The molecule has 2 atom stereocenters. The van der Waals surface area contributed by atoms with Crippen molar-refractivity contribution in [1.82, 2.24) is 0 Å². The third-order valence-electron chi connectivity index (χ3n) is 3.67. The lowest BCUT2D eigenvalue weighted by Gasteiger charge is -2.26. The largest absolute Gasteiger partial charge is 0.330 e. The quantitative estimate of drug-likeness (QED) is 0.688. The van der Waals surface area contributed by atoms with E-state index in [1.807, 2.05) is 0 Å². The standard InChI is InChI=1S/C11H23N/c1-3-9(4-2)11-7-5-6-10(11)8-12/h9-11H,3-8,12H2,1-2H3. The molecule has 1 rings (SSSR count). The minimum atomic E-state index is 0.842. The van der Waals surface area contributed by atoms with Crippen molar-refractivity contribution < 1.29 is 0 Å². The van der Waals surface area contributed by atoms with Gasteiger partial charge in [0.1, 0.15) is 0 Å². The SMILES string of the molecule is CCC(CC)C1CCCC1CN. The van der Waals surface area contributed by atoms with Crippen molar-refractivity contribution in [1.29, 1.82) is 0 Å². The van der Waals surface area contributed by atoms with Crippen molar-refractivity contribution in [2.45, 2.75) is 46.0 Å². The third kappa shape index (κ3) is 2.01. The highest BCUT2D eigenvalue weighted by atomic mass is 14.6. The van der Waals surface area contributed by atoms with Gasteiger partial charge in [0, 0.05) is 0 Å². The number of hydrogen-bond donors (Lipinski definition) is 1. The number of nitrogens with two attached hydrogens (primary N) is 1. The molecule has 0 heterocycles. The minimum absolute atomic E-state index is 0.842. The molecule has 0 radical (unpaired) electrons. The fraction of sp³-hybridized carbons (Fsp3) is 1.00. The van der Waals surface area contributed by atoms with Crippen LogP contribution in [0.3, 0.4) is 0 Å². The van der Waals surface area contributed by atoms with E-state index < -0.39 is 0 Å². The normalized spacial score (nSPS) is 30.0. The van der Waals surface area contributed by atoms with Crippen molar-refractivity contribution in [2.24, 2.45) is 23.5 Å². The zero-order valence-electron chi connectivity index (χ0n) is 8.55. The van der Waals surface area contributed by atoms with E-state index in [4.69, 9.17) is 5.73 Å². The molecule has 72 valence electrons. The summed E-state index contributed by atoms with van der Waals surface area (Å²) in [5, 5.41) is 0. The molecule has 0 bridgehead atoms. The first kappa shape index (κ1) is 10.0. The van der Waals surface area contributed by atoms with Gasteiger partial charge in [-0.2, -0.15) is 0 Å². The summed E-state index contributed by atoms with van der Waals surface area (Å²) in [7, 11) is 0. The molecule has 0 aromatic heterocycles. The molecule has 1 aliphatic rings. The molecule has 2 N–H and O–H groups in total. The third-order valence-corrected chi connectivity index (χ3v) is 3.67. The van der Waals surface area contributed by atoms with Crippen LogP contribution >= 0.6 is 0 Å². The van der Waals surface area contributed by atoms with Crippen molar-refractivity contribution in [2.75, 3.05) is 6.54 Å². The van der Waals surface area contributed by atoms with Crippen LogP contribution in [0.25, 0.3) is 0 Å². The topological polar surface area (TPSA) is 26.0 Å². The zero-order chi connectivity index (χ0) is 8.97. The highest BCUT2D eigenvalue weighted by Crippen LogP contribution is 2.38. The predicted molar refractivity (Wildman–Crippen MR) is 54.0 cm³/mol. The van der Waals surface area contributed by atoms with E-state index in [9.17, 15) is 0 Å². The Kier molecular flexibility index (Phi) is 4.07. The van der Waals surface area contributed by atoms with Gasteiger partial charge in [-0.3, -0.25) is 0 Å². The van der Waals surface area contributed by atoms with Gasteiger partial charge in [-0.05, 0) is 37.1 Å². The maximum atomic E-state index is 5.77. The Balaban J connectivity index is 2.47. The molecule has 0 spiro atoms. The molecule has 0 amide bonds. The molecule has 1 saturated carbocycles. The summed E-state index contributed by atoms with van der Waals surface area (Å²) in [5.41, 5.74) is 5.77. The summed E-state index contributed by atoms with van der Waals surface area (Å²) >= 11 is 0. The summed E-state index contributed by atoms with van der Waals surface area (Å²) < 4.78 is 0. The van der Waals surface area contributed by atoms with Gasteiger partial charge in [0.05, 0.1) is 0 Å². The van der Waals surface area contributed by atoms with Crippen molar-refractivity contribution >= 4 is 0 Å². The van der Waals surface area contributed by atoms with Gasteiger partial charge in [-0.25, -0.2) is 0 Å². The van der Waals surface area contributed by atoms with Crippen LogP contribution in [0.5, 0.6) is 0 Å². The Morgan fingerprint density at radius 2 is 1.92 bits per heavy atom. The lowest BCUT2D eigenvalue weighted by Crippen LogP contribution is -2.24. The average molecular weight is 169 g/mol. The van der Waals surface area contributed by atoms with E-state index in [0.717, 1.165) is 24.3 Å². The molecule has 1 heteroatoms. The lowest BCUT2D eigenvalue weighted by atomic mass is 9.81. The van der Waals surface area contributed by atoms with Crippen LogP contribution in [-0.4, -0.2) is 6.54 Å². The van der Waals surface area contributed by atoms with Gasteiger partial charge in [-0.1, -0.05) is 33.1 Å². The monoisotopic (exact) mass is 169 g/mol. The van der Waals surface area contributed by atoms with Gasteiger partial charge in [-0.15, -0.1) is 0 Å². The van der Waals surface area contributed by atoms with E-state index in [2.05, 4.69) is 13.8 Å². The molecule has 1 aliphatic carbocycles. The maximum absolute atomic E-state index is 5.77. The van der Waals surface area contributed by atoms with Crippen molar-refractivity contribution in [3.63, 3.8) is 0 Å². The van der Waals surface area contributed by atoms with Crippen LogP contribution in [0.1, 0.15) is 46.0 Å². The maximum Gasteiger partial charge on any atom is -0.00461 e. The molecule has 0 saturated heterocycles.